The van der Waals surface area contributed by atoms with Crippen LogP contribution in [0.1, 0.15) is 11.3 Å². The molecule has 0 bridgehead atoms. The third-order valence-corrected chi connectivity index (χ3v) is 4.06. The summed E-state index contributed by atoms with van der Waals surface area (Å²) in [5.41, 5.74) is 2.70. The molecule has 1 atom stereocenters. The number of nitrogens with zero attached hydrogens (tertiary/aromatic N) is 1. The Balaban J connectivity index is 2.04. The summed E-state index contributed by atoms with van der Waals surface area (Å²) >= 11 is 1.43. The topological polar surface area (TPSA) is 77.7 Å². The van der Waals surface area contributed by atoms with Crippen LogP contribution >= 0.6 is 11.3 Å². The minimum atomic E-state index is -1.11. The van der Waals surface area contributed by atoms with Crippen molar-refractivity contribution >= 4 is 17.3 Å². The number of hydrogen-bond donors (Lipinski definition) is 2. The van der Waals surface area contributed by atoms with E-state index < -0.39 is 5.97 Å². The highest BCUT2D eigenvalue weighted by atomic mass is 32.1. The van der Waals surface area contributed by atoms with E-state index >= 15 is 0 Å². The van der Waals surface area contributed by atoms with Crippen LogP contribution in [0.5, 0.6) is 0 Å². The number of aliphatic hydroxyl groups is 1. The van der Waals surface area contributed by atoms with Crippen molar-refractivity contribution in [2.75, 3.05) is 20.2 Å². The maximum atomic E-state index is 10.5. The van der Waals surface area contributed by atoms with E-state index in [4.69, 9.17) is 5.11 Å². The van der Waals surface area contributed by atoms with Gasteiger partial charge < -0.3 is 19.9 Å². The highest BCUT2D eigenvalue weighted by molar-refractivity contribution is 7.13. The van der Waals surface area contributed by atoms with Crippen LogP contribution in [0, 0.1) is 0 Å². The molecule has 2 aromatic rings. The molecule has 1 aromatic carbocycles. The molecule has 6 heteroatoms. The number of carboxylic acids is 1. The zero-order chi connectivity index (χ0) is 15.2. The number of benzene rings is 1. The number of aromatic nitrogens is 1. The summed E-state index contributed by atoms with van der Waals surface area (Å²) in [5.74, 6) is -1.11. The van der Waals surface area contributed by atoms with Crippen molar-refractivity contribution in [3.05, 3.63) is 40.9 Å². The average Bonchev–Trinajstić information content (AvgIpc) is 2.87. The second kappa shape index (κ2) is 7.31. The molecule has 1 heterocycles. The van der Waals surface area contributed by atoms with Crippen LogP contribution in [-0.4, -0.2) is 36.3 Å². The van der Waals surface area contributed by atoms with Gasteiger partial charge in [-0.15, -0.1) is 11.3 Å². The van der Waals surface area contributed by atoms with E-state index in [1.165, 1.54) is 21.8 Å². The van der Waals surface area contributed by atoms with E-state index in [-0.39, 0.29) is 13.0 Å². The molecule has 0 aliphatic heterocycles. The number of quaternary nitrogens is 1. The summed E-state index contributed by atoms with van der Waals surface area (Å²) in [5, 5.41) is 22.0. The van der Waals surface area contributed by atoms with Crippen molar-refractivity contribution in [1.82, 2.24) is 4.98 Å². The zero-order valence-corrected chi connectivity index (χ0v) is 12.7. The lowest BCUT2D eigenvalue weighted by Gasteiger charge is -2.12. The predicted molar refractivity (Wildman–Crippen MR) is 78.8 cm³/mol. The Morgan fingerprint density at radius 2 is 2.10 bits per heavy atom. The van der Waals surface area contributed by atoms with E-state index in [9.17, 15) is 9.90 Å². The fourth-order valence-electron chi connectivity index (χ4n) is 2.06. The number of rotatable bonds is 7. The number of nitrogens with one attached hydrogen (secondary N) is 1. The molecule has 0 aliphatic rings. The third-order valence-electron chi connectivity index (χ3n) is 3.12. The van der Waals surface area contributed by atoms with Crippen LogP contribution in [-0.2, 0) is 17.8 Å². The number of carbonyl (C=O) groups is 1. The van der Waals surface area contributed by atoms with Gasteiger partial charge in [-0.2, -0.15) is 0 Å². The Morgan fingerprint density at radius 3 is 2.71 bits per heavy atom. The molecule has 0 radical (unpaired) electrons. The van der Waals surface area contributed by atoms with Crippen LogP contribution in [0.4, 0.5) is 0 Å². The van der Waals surface area contributed by atoms with E-state index in [0.717, 1.165) is 23.7 Å². The van der Waals surface area contributed by atoms with Gasteiger partial charge in [-0.1, -0.05) is 24.3 Å². The highest BCUT2D eigenvalue weighted by Gasteiger charge is 2.07. The standard InChI is InChI=1S/C15H18N2O3S/c1-17(6-7-18)9-11-2-4-12(5-3-11)15-16-13(10-21-15)8-14(19)20/h2-5,10,18H,6-9H2,1H3,(H,19,20). The fraction of sp³-hybridized carbons (Fsp3) is 0.333. The van der Waals surface area contributed by atoms with Gasteiger partial charge in [-0.05, 0) is 0 Å². The molecule has 2 rings (SSSR count). The number of likely N-dealkylation sites (N-methyl/N-ethyl adjacent to an activating group) is 1. The van der Waals surface area contributed by atoms with Crippen molar-refractivity contribution in [1.29, 1.82) is 0 Å². The molecule has 0 fully saturated rings. The first kappa shape index (κ1) is 15.6. The molecule has 0 saturated carbocycles. The maximum absolute atomic E-state index is 10.5. The molecule has 21 heavy (non-hydrogen) atoms. The molecular weight excluding hydrogens is 288 g/mol. The number of aliphatic hydroxyl groups excluding tert-OH is 1. The van der Waals surface area contributed by atoms with Gasteiger partial charge in [0.15, 0.2) is 0 Å². The molecule has 5 nitrogen and oxygen atoms in total. The first-order valence-corrected chi connectivity index (χ1v) is 7.62. The van der Waals surface area contributed by atoms with Crippen molar-refractivity contribution in [2.45, 2.75) is 13.0 Å². The van der Waals surface area contributed by atoms with Crippen molar-refractivity contribution < 1.29 is 19.9 Å². The fourth-order valence-corrected chi connectivity index (χ4v) is 2.89. The van der Waals surface area contributed by atoms with E-state index in [1.807, 2.05) is 31.3 Å². The Hall–Kier alpha value is -1.76. The lowest BCUT2D eigenvalue weighted by atomic mass is 10.1. The number of carbonyl (C=O) groups excluding carboxylic acids is 1. The van der Waals surface area contributed by atoms with Crippen LogP contribution < -0.4 is 10.0 Å². The van der Waals surface area contributed by atoms with Crippen molar-refractivity contribution in [3.63, 3.8) is 0 Å². The second-order valence-electron chi connectivity index (χ2n) is 5.00. The van der Waals surface area contributed by atoms with Gasteiger partial charge in [0.1, 0.15) is 18.1 Å². The zero-order valence-electron chi connectivity index (χ0n) is 11.8. The largest absolute Gasteiger partial charge is 0.550 e. The summed E-state index contributed by atoms with van der Waals surface area (Å²) in [6, 6.07) is 8.05. The predicted octanol–water partition coefficient (Wildman–Crippen LogP) is -0.890. The summed E-state index contributed by atoms with van der Waals surface area (Å²) < 4.78 is 0. The van der Waals surface area contributed by atoms with Crippen LogP contribution in [0.15, 0.2) is 29.6 Å². The Bertz CT molecular complexity index is 595. The van der Waals surface area contributed by atoms with Gasteiger partial charge in [0.05, 0.1) is 19.3 Å². The quantitative estimate of drug-likeness (QED) is 0.696. The number of hydrogen-bond acceptors (Lipinski definition) is 5. The molecule has 0 amide bonds. The SMILES string of the molecule is C[NH+](CCO)Cc1ccc(-c2nc(CC(=O)[O-])cs2)cc1. The number of aliphatic carboxylic acids is 1. The molecule has 0 aliphatic carbocycles. The lowest BCUT2D eigenvalue weighted by Crippen LogP contribution is -3.08. The first-order valence-electron chi connectivity index (χ1n) is 6.74. The average molecular weight is 306 g/mol. The van der Waals surface area contributed by atoms with Crippen molar-refractivity contribution in [2.24, 2.45) is 0 Å². The Kier molecular flexibility index (Phi) is 5.44. The van der Waals surface area contributed by atoms with Gasteiger partial charge in [0.25, 0.3) is 0 Å². The molecule has 0 saturated heterocycles. The normalized spacial score (nSPS) is 12.3. The molecule has 1 unspecified atom stereocenters. The van der Waals surface area contributed by atoms with Gasteiger partial charge in [0.2, 0.25) is 0 Å². The van der Waals surface area contributed by atoms with Crippen LogP contribution in [0.2, 0.25) is 0 Å². The Labute approximate surface area is 127 Å². The van der Waals surface area contributed by atoms with Crippen LogP contribution in [0.3, 0.4) is 0 Å². The Morgan fingerprint density at radius 1 is 1.38 bits per heavy atom. The van der Waals surface area contributed by atoms with Gasteiger partial charge >= 0.3 is 0 Å². The molecule has 0 spiro atoms. The monoisotopic (exact) mass is 306 g/mol. The van der Waals surface area contributed by atoms with Gasteiger partial charge in [-0.3, -0.25) is 0 Å². The molecule has 2 N–H and O–H groups in total. The van der Waals surface area contributed by atoms with E-state index in [2.05, 4.69) is 4.98 Å². The van der Waals surface area contributed by atoms with Gasteiger partial charge in [-0.25, -0.2) is 4.98 Å². The number of thiazole rings is 1. The van der Waals surface area contributed by atoms with E-state index in [0.29, 0.717) is 5.69 Å². The highest BCUT2D eigenvalue weighted by Crippen LogP contribution is 2.24. The van der Waals surface area contributed by atoms with Crippen LogP contribution in [0.25, 0.3) is 10.6 Å². The van der Waals surface area contributed by atoms with E-state index in [1.54, 1.807) is 5.38 Å². The summed E-state index contributed by atoms with van der Waals surface area (Å²) in [6.07, 6.45) is -0.149. The maximum Gasteiger partial charge on any atom is 0.123 e. The molecule has 1 aromatic heterocycles. The lowest BCUT2D eigenvalue weighted by molar-refractivity contribution is -0.894. The smallest absolute Gasteiger partial charge is 0.123 e. The minimum absolute atomic E-state index is 0.149. The molecule has 112 valence electrons. The summed E-state index contributed by atoms with van der Waals surface area (Å²) in [4.78, 5) is 16.1. The van der Waals surface area contributed by atoms with Crippen molar-refractivity contribution in [3.8, 4) is 10.6 Å². The third kappa shape index (κ3) is 4.63. The second-order valence-corrected chi connectivity index (χ2v) is 5.86. The first-order chi connectivity index (χ1) is 10.1. The number of carboxylic acid groups (broad SMARTS) is 1. The summed E-state index contributed by atoms with van der Waals surface area (Å²) in [7, 11) is 2.04. The minimum Gasteiger partial charge on any atom is -0.550 e. The van der Waals surface area contributed by atoms with Gasteiger partial charge in [0, 0.05) is 28.9 Å². The summed E-state index contributed by atoms with van der Waals surface area (Å²) in [6.45, 7) is 1.76. The molecular formula is C15H18N2O3S.